The molecule has 6 aromatic rings. The van der Waals surface area contributed by atoms with Crippen molar-refractivity contribution in [3.8, 4) is 17.2 Å². The summed E-state index contributed by atoms with van der Waals surface area (Å²) in [6, 6.07) is 41.2. The standard InChI is InChI=1S/C31H22Br2ClN5/c32-21-22-16-18-26(19-17-22)38-28(20-27(34)29(38)33)30-35-36-37-39(30)31(23-10-4-1-5-11-23,24-12-6-2-7-13-24)25-14-8-3-9-15-25/h1-20H,21H2. The van der Waals surface area contributed by atoms with Gasteiger partial charge in [0.2, 0.25) is 5.82 Å². The number of tetrazole rings is 1. The van der Waals surface area contributed by atoms with E-state index in [9.17, 15) is 0 Å². The predicted molar refractivity (Wildman–Crippen MR) is 163 cm³/mol. The number of alkyl halides is 1. The maximum absolute atomic E-state index is 6.72. The van der Waals surface area contributed by atoms with Crippen LogP contribution in [0.5, 0.6) is 0 Å². The van der Waals surface area contributed by atoms with Crippen molar-refractivity contribution in [2.24, 2.45) is 0 Å². The maximum Gasteiger partial charge on any atom is 0.200 e. The molecule has 0 radical (unpaired) electrons. The average Bonchev–Trinajstić information content (AvgIpc) is 3.60. The Morgan fingerprint density at radius 3 is 1.72 bits per heavy atom. The Labute approximate surface area is 248 Å². The smallest absolute Gasteiger partial charge is 0.200 e. The molecule has 0 aliphatic rings. The van der Waals surface area contributed by atoms with E-state index in [1.165, 1.54) is 5.56 Å². The summed E-state index contributed by atoms with van der Waals surface area (Å²) in [6.45, 7) is 0. The Balaban J connectivity index is 1.68. The molecule has 0 saturated carbocycles. The highest BCUT2D eigenvalue weighted by Crippen LogP contribution is 2.43. The van der Waals surface area contributed by atoms with Gasteiger partial charge in [-0.05, 0) is 66.8 Å². The van der Waals surface area contributed by atoms with Gasteiger partial charge in [-0.3, -0.25) is 4.57 Å². The molecule has 2 aromatic heterocycles. The molecular weight excluding hydrogens is 638 g/mol. The molecule has 0 amide bonds. The van der Waals surface area contributed by atoms with Gasteiger partial charge >= 0.3 is 0 Å². The largest absolute Gasteiger partial charge is 0.299 e. The lowest BCUT2D eigenvalue weighted by molar-refractivity contribution is 0.450. The number of nitrogens with zero attached hydrogens (tertiary/aromatic N) is 5. The lowest BCUT2D eigenvalue weighted by Gasteiger charge is -2.36. The Bertz CT molecular complexity index is 1600. The molecule has 192 valence electrons. The van der Waals surface area contributed by atoms with Crippen LogP contribution in [0.25, 0.3) is 17.2 Å². The van der Waals surface area contributed by atoms with Gasteiger partial charge in [-0.2, -0.15) is 0 Å². The first-order valence-corrected chi connectivity index (χ1v) is 14.6. The van der Waals surface area contributed by atoms with E-state index in [4.69, 9.17) is 11.6 Å². The van der Waals surface area contributed by atoms with Crippen molar-refractivity contribution in [3.63, 3.8) is 0 Å². The fraction of sp³-hybridized carbons (Fsp3) is 0.0645. The average molecular weight is 660 g/mol. The number of aromatic nitrogens is 5. The van der Waals surface area contributed by atoms with Crippen LogP contribution in [0.1, 0.15) is 22.3 Å². The van der Waals surface area contributed by atoms with E-state index in [1.54, 1.807) is 0 Å². The highest BCUT2D eigenvalue weighted by atomic mass is 79.9. The van der Waals surface area contributed by atoms with Crippen LogP contribution >= 0.6 is 43.5 Å². The quantitative estimate of drug-likeness (QED) is 0.128. The first-order chi connectivity index (χ1) is 19.1. The van der Waals surface area contributed by atoms with E-state index >= 15 is 0 Å². The van der Waals surface area contributed by atoms with Crippen molar-refractivity contribution in [3.05, 3.63) is 153 Å². The summed E-state index contributed by atoms with van der Waals surface area (Å²) in [5.74, 6) is 0.573. The number of rotatable bonds is 7. The Morgan fingerprint density at radius 2 is 1.23 bits per heavy atom. The molecule has 0 spiro atoms. The van der Waals surface area contributed by atoms with Gasteiger partial charge in [0.05, 0.1) is 10.7 Å². The molecule has 2 heterocycles. The molecule has 0 saturated heterocycles. The topological polar surface area (TPSA) is 48.5 Å². The second-order valence-electron chi connectivity index (χ2n) is 9.03. The van der Waals surface area contributed by atoms with E-state index < -0.39 is 5.54 Å². The van der Waals surface area contributed by atoms with Crippen LogP contribution in [0.4, 0.5) is 0 Å². The van der Waals surface area contributed by atoms with Crippen LogP contribution in [0.3, 0.4) is 0 Å². The van der Waals surface area contributed by atoms with Crippen molar-refractivity contribution < 1.29 is 0 Å². The number of benzene rings is 4. The molecule has 4 aromatic carbocycles. The molecule has 0 unspecified atom stereocenters. The lowest BCUT2D eigenvalue weighted by Crippen LogP contribution is -2.39. The SMILES string of the molecule is Clc1cc(-c2nnnn2C(c2ccccc2)(c2ccccc2)c2ccccc2)n(-c2ccc(CBr)cc2)c1Br. The van der Waals surface area contributed by atoms with Crippen molar-refractivity contribution in [2.75, 3.05) is 0 Å². The third kappa shape index (κ3) is 4.44. The van der Waals surface area contributed by atoms with E-state index in [0.29, 0.717) is 10.8 Å². The second kappa shape index (κ2) is 10.9. The highest BCUT2D eigenvalue weighted by molar-refractivity contribution is 9.10. The number of hydrogen-bond acceptors (Lipinski definition) is 3. The maximum atomic E-state index is 6.72. The Hall–Kier alpha value is -3.52. The van der Waals surface area contributed by atoms with Gasteiger partial charge in [-0.15, -0.1) is 5.10 Å². The molecule has 0 N–H and O–H groups in total. The zero-order valence-electron chi connectivity index (χ0n) is 20.6. The summed E-state index contributed by atoms with van der Waals surface area (Å²) in [5.41, 5.74) is 5.10. The zero-order valence-corrected chi connectivity index (χ0v) is 24.6. The van der Waals surface area contributed by atoms with Gasteiger partial charge in [0, 0.05) is 11.0 Å². The van der Waals surface area contributed by atoms with Crippen LogP contribution in [0.15, 0.2) is 126 Å². The van der Waals surface area contributed by atoms with Crippen LogP contribution in [0, 0.1) is 0 Å². The van der Waals surface area contributed by atoms with Crippen LogP contribution in [-0.2, 0) is 10.9 Å². The van der Waals surface area contributed by atoms with Gasteiger partial charge in [0.1, 0.15) is 10.1 Å². The molecule has 8 heteroatoms. The summed E-state index contributed by atoms with van der Waals surface area (Å²) in [7, 11) is 0. The summed E-state index contributed by atoms with van der Waals surface area (Å²) in [4.78, 5) is 0. The summed E-state index contributed by atoms with van der Waals surface area (Å²) >= 11 is 14.0. The van der Waals surface area contributed by atoms with Crippen molar-refractivity contribution in [1.29, 1.82) is 0 Å². The minimum Gasteiger partial charge on any atom is -0.299 e. The van der Waals surface area contributed by atoms with E-state index in [1.807, 2.05) is 69.9 Å². The fourth-order valence-electron chi connectivity index (χ4n) is 5.09. The first kappa shape index (κ1) is 25.7. The predicted octanol–water partition coefficient (Wildman–Crippen LogP) is 8.28. The third-order valence-electron chi connectivity index (χ3n) is 6.84. The molecule has 39 heavy (non-hydrogen) atoms. The van der Waals surface area contributed by atoms with E-state index in [0.717, 1.165) is 38.0 Å². The normalized spacial score (nSPS) is 11.6. The Kier molecular flexibility index (Phi) is 7.21. The van der Waals surface area contributed by atoms with Crippen LogP contribution in [-0.4, -0.2) is 24.8 Å². The van der Waals surface area contributed by atoms with Crippen molar-refractivity contribution >= 4 is 43.5 Å². The minimum atomic E-state index is -0.865. The van der Waals surface area contributed by atoms with Gasteiger partial charge < -0.3 is 0 Å². The molecule has 0 aliphatic heterocycles. The van der Waals surface area contributed by atoms with E-state index in [-0.39, 0.29) is 0 Å². The van der Waals surface area contributed by atoms with Crippen LogP contribution < -0.4 is 0 Å². The number of hydrogen-bond donors (Lipinski definition) is 0. The van der Waals surface area contributed by atoms with E-state index in [2.05, 4.69) is 108 Å². The van der Waals surface area contributed by atoms with Crippen molar-refractivity contribution in [2.45, 2.75) is 10.9 Å². The molecule has 0 atom stereocenters. The second-order valence-corrected chi connectivity index (χ2v) is 10.7. The summed E-state index contributed by atoms with van der Waals surface area (Å²) in [5, 5.41) is 14.8. The van der Waals surface area contributed by atoms with Gasteiger partial charge in [0.15, 0.2) is 0 Å². The zero-order chi connectivity index (χ0) is 26.8. The summed E-state index contributed by atoms with van der Waals surface area (Å²) in [6.07, 6.45) is 0. The van der Waals surface area contributed by atoms with Crippen LogP contribution in [0.2, 0.25) is 5.02 Å². The third-order valence-corrected chi connectivity index (χ3v) is 8.78. The molecule has 5 nitrogen and oxygen atoms in total. The number of halogens is 3. The van der Waals surface area contributed by atoms with Crippen molar-refractivity contribution in [1.82, 2.24) is 24.8 Å². The van der Waals surface area contributed by atoms with Gasteiger partial charge in [-0.25, -0.2) is 4.68 Å². The summed E-state index contributed by atoms with van der Waals surface area (Å²) < 4.78 is 4.67. The fourth-order valence-corrected chi connectivity index (χ4v) is 6.16. The van der Waals surface area contributed by atoms with Gasteiger partial charge in [-0.1, -0.05) is 131 Å². The van der Waals surface area contributed by atoms with Gasteiger partial charge in [0.25, 0.3) is 0 Å². The Morgan fingerprint density at radius 1 is 0.718 bits per heavy atom. The molecule has 6 rings (SSSR count). The minimum absolute atomic E-state index is 0.564. The highest BCUT2D eigenvalue weighted by Gasteiger charge is 2.42. The molecule has 0 aliphatic carbocycles. The monoisotopic (exact) mass is 657 g/mol. The molecular formula is C31H22Br2ClN5. The molecule has 0 bridgehead atoms. The lowest BCUT2D eigenvalue weighted by atomic mass is 9.77. The molecule has 0 fully saturated rings. The first-order valence-electron chi connectivity index (χ1n) is 12.3.